The van der Waals surface area contributed by atoms with Crippen molar-refractivity contribution in [2.45, 2.75) is 32.2 Å². The van der Waals surface area contributed by atoms with E-state index in [1.165, 1.54) is 35.2 Å². The number of benzene rings is 2. The number of rotatable bonds is 6. The topological polar surface area (TPSA) is 33.7 Å². The monoisotopic (exact) mass is 392 g/mol. The van der Waals surface area contributed by atoms with Crippen LogP contribution >= 0.6 is 0 Å². The van der Waals surface area contributed by atoms with Gasteiger partial charge in [-0.05, 0) is 68.0 Å². The second kappa shape index (κ2) is 8.91. The molecule has 1 N–H and O–H groups in total. The van der Waals surface area contributed by atoms with Gasteiger partial charge in [0, 0.05) is 18.3 Å². The molecule has 0 aromatic heterocycles. The smallest absolute Gasteiger partial charge is 0.163 e. The summed E-state index contributed by atoms with van der Waals surface area (Å²) in [4.78, 5) is 2.45. The van der Waals surface area contributed by atoms with Crippen molar-refractivity contribution in [1.82, 2.24) is 5.32 Å². The summed E-state index contributed by atoms with van der Waals surface area (Å²) in [6.45, 7) is 10.2. The summed E-state index contributed by atoms with van der Waals surface area (Å²) in [5.74, 6) is 2.26. The van der Waals surface area contributed by atoms with Crippen molar-refractivity contribution in [2.24, 2.45) is 5.92 Å². The van der Waals surface area contributed by atoms with Crippen LogP contribution < -0.4 is 19.7 Å². The van der Waals surface area contributed by atoms with Crippen molar-refractivity contribution >= 4 is 5.69 Å². The molecule has 4 nitrogen and oxygen atoms in total. The van der Waals surface area contributed by atoms with Crippen molar-refractivity contribution < 1.29 is 9.47 Å². The van der Waals surface area contributed by atoms with Crippen molar-refractivity contribution in [3.63, 3.8) is 0 Å². The number of ether oxygens (including phenoxy) is 2. The molecule has 0 bridgehead atoms. The third-order valence-electron chi connectivity index (χ3n) is 6.28. The molecule has 2 heterocycles. The van der Waals surface area contributed by atoms with Gasteiger partial charge in [0.1, 0.15) is 0 Å². The zero-order chi connectivity index (χ0) is 20.2. The molecule has 1 atom stereocenters. The standard InChI is InChI=1S/C25H32N2O2/c1-4-22-21-8-6-5-7-20(21)11-14-27(22)23-16-25(24(28-3)15-18(23)2)29-17-19-9-12-26-13-10-19/h4-8,15-16,19,22,26H,1,9-14,17H2,2-3H3. The lowest BCUT2D eigenvalue weighted by molar-refractivity contribution is 0.208. The molecule has 4 heteroatoms. The van der Waals surface area contributed by atoms with E-state index >= 15 is 0 Å². The minimum Gasteiger partial charge on any atom is -0.493 e. The Morgan fingerprint density at radius 3 is 2.72 bits per heavy atom. The highest BCUT2D eigenvalue weighted by Crippen LogP contribution is 2.41. The highest BCUT2D eigenvalue weighted by Gasteiger charge is 2.27. The van der Waals surface area contributed by atoms with E-state index in [1.807, 2.05) is 0 Å². The number of aryl methyl sites for hydroxylation is 1. The van der Waals surface area contributed by atoms with Gasteiger partial charge in [0.15, 0.2) is 11.5 Å². The predicted octanol–water partition coefficient (Wildman–Crippen LogP) is 4.67. The number of hydrogen-bond donors (Lipinski definition) is 1. The number of piperidine rings is 1. The van der Waals surface area contributed by atoms with Crippen LogP contribution in [0.1, 0.15) is 35.6 Å². The SMILES string of the molecule is C=CC1c2ccccc2CCN1c1cc(OCC2CCNCC2)c(OC)cc1C. The largest absolute Gasteiger partial charge is 0.493 e. The fraction of sp³-hybridized carbons (Fsp3) is 0.440. The average Bonchev–Trinajstić information content (AvgIpc) is 2.78. The lowest BCUT2D eigenvalue weighted by Crippen LogP contribution is -2.35. The molecule has 4 rings (SSSR count). The Morgan fingerprint density at radius 2 is 1.97 bits per heavy atom. The van der Waals surface area contributed by atoms with Crippen LogP contribution in [-0.2, 0) is 6.42 Å². The molecule has 1 saturated heterocycles. The van der Waals surface area contributed by atoms with Crippen LogP contribution in [0.25, 0.3) is 0 Å². The van der Waals surface area contributed by atoms with Gasteiger partial charge in [0.25, 0.3) is 0 Å². The summed E-state index contributed by atoms with van der Waals surface area (Å²) in [5.41, 5.74) is 5.16. The molecule has 2 aliphatic heterocycles. The number of nitrogens with one attached hydrogen (secondary N) is 1. The van der Waals surface area contributed by atoms with Crippen LogP contribution in [0.2, 0.25) is 0 Å². The normalized spacial score (nSPS) is 19.5. The van der Waals surface area contributed by atoms with Crippen LogP contribution in [-0.4, -0.2) is 33.4 Å². The van der Waals surface area contributed by atoms with Gasteiger partial charge in [-0.1, -0.05) is 30.3 Å². The third-order valence-corrected chi connectivity index (χ3v) is 6.28. The van der Waals surface area contributed by atoms with E-state index in [0.717, 1.165) is 44.2 Å². The third kappa shape index (κ3) is 4.13. The Hall–Kier alpha value is -2.46. The zero-order valence-corrected chi connectivity index (χ0v) is 17.6. The Morgan fingerprint density at radius 1 is 1.17 bits per heavy atom. The lowest BCUT2D eigenvalue weighted by atomic mass is 9.91. The maximum atomic E-state index is 6.29. The summed E-state index contributed by atoms with van der Waals surface area (Å²) < 4.78 is 11.9. The molecular formula is C25H32N2O2. The van der Waals surface area contributed by atoms with Crippen molar-refractivity contribution in [3.8, 4) is 11.5 Å². The van der Waals surface area contributed by atoms with E-state index < -0.39 is 0 Å². The van der Waals surface area contributed by atoms with E-state index in [1.54, 1.807) is 7.11 Å². The first kappa shape index (κ1) is 19.8. The molecule has 154 valence electrons. The number of fused-ring (bicyclic) bond motifs is 1. The second-order valence-corrected chi connectivity index (χ2v) is 8.12. The van der Waals surface area contributed by atoms with Crippen molar-refractivity contribution in [1.29, 1.82) is 0 Å². The summed E-state index contributed by atoms with van der Waals surface area (Å²) in [5, 5.41) is 3.42. The van der Waals surface area contributed by atoms with Gasteiger partial charge in [-0.25, -0.2) is 0 Å². The molecule has 2 aromatic rings. The van der Waals surface area contributed by atoms with E-state index in [-0.39, 0.29) is 6.04 Å². The highest BCUT2D eigenvalue weighted by atomic mass is 16.5. The van der Waals surface area contributed by atoms with Crippen molar-refractivity contribution in [3.05, 3.63) is 65.7 Å². The minimum absolute atomic E-state index is 0.171. The maximum Gasteiger partial charge on any atom is 0.163 e. The van der Waals surface area contributed by atoms with Crippen LogP contribution in [0.3, 0.4) is 0 Å². The molecule has 1 fully saturated rings. The Bertz CT molecular complexity index is 858. The summed E-state index contributed by atoms with van der Waals surface area (Å²) in [6, 6.07) is 13.1. The molecule has 0 saturated carbocycles. The van der Waals surface area contributed by atoms with Gasteiger partial charge in [0.05, 0.1) is 19.8 Å². The first-order valence-corrected chi connectivity index (χ1v) is 10.7. The van der Waals surface area contributed by atoms with Gasteiger partial charge >= 0.3 is 0 Å². The van der Waals surface area contributed by atoms with Crippen molar-refractivity contribution in [2.75, 3.05) is 38.3 Å². The summed E-state index contributed by atoms with van der Waals surface area (Å²) in [6.07, 6.45) is 5.43. The molecule has 29 heavy (non-hydrogen) atoms. The molecule has 1 unspecified atom stereocenters. The van der Waals surface area contributed by atoms with Gasteiger partial charge in [-0.15, -0.1) is 6.58 Å². The van der Waals surface area contributed by atoms with Gasteiger partial charge in [-0.2, -0.15) is 0 Å². The first-order chi connectivity index (χ1) is 14.2. The summed E-state index contributed by atoms with van der Waals surface area (Å²) >= 11 is 0. The second-order valence-electron chi connectivity index (χ2n) is 8.12. The van der Waals surface area contributed by atoms with E-state index in [0.29, 0.717) is 5.92 Å². The Balaban J connectivity index is 1.62. The van der Waals surface area contributed by atoms with Gasteiger partial charge in [0.2, 0.25) is 0 Å². The minimum atomic E-state index is 0.171. The van der Waals surface area contributed by atoms with Crippen LogP contribution in [0.5, 0.6) is 11.5 Å². The van der Waals surface area contributed by atoms with Gasteiger partial charge in [-0.3, -0.25) is 0 Å². The first-order valence-electron chi connectivity index (χ1n) is 10.7. The zero-order valence-electron chi connectivity index (χ0n) is 17.6. The predicted molar refractivity (Wildman–Crippen MR) is 119 cm³/mol. The molecular weight excluding hydrogens is 360 g/mol. The molecule has 0 aliphatic carbocycles. The van der Waals surface area contributed by atoms with E-state index in [2.05, 4.69) is 66.2 Å². The number of nitrogens with zero attached hydrogens (tertiary/aromatic N) is 1. The fourth-order valence-corrected chi connectivity index (χ4v) is 4.61. The van der Waals surface area contributed by atoms with E-state index in [9.17, 15) is 0 Å². The summed E-state index contributed by atoms with van der Waals surface area (Å²) in [7, 11) is 1.72. The number of methoxy groups -OCH3 is 1. The molecule has 2 aromatic carbocycles. The molecule has 0 radical (unpaired) electrons. The number of anilines is 1. The van der Waals surface area contributed by atoms with Crippen LogP contribution in [0.4, 0.5) is 5.69 Å². The maximum absolute atomic E-state index is 6.29. The molecule has 2 aliphatic rings. The molecule has 0 amide bonds. The van der Waals surface area contributed by atoms with E-state index in [4.69, 9.17) is 9.47 Å². The Kier molecular flexibility index (Phi) is 6.10. The lowest BCUT2D eigenvalue weighted by Gasteiger charge is -2.38. The van der Waals surface area contributed by atoms with Gasteiger partial charge < -0.3 is 19.7 Å². The van der Waals surface area contributed by atoms with Crippen LogP contribution in [0.15, 0.2) is 49.1 Å². The average molecular weight is 393 g/mol. The fourth-order valence-electron chi connectivity index (χ4n) is 4.61. The highest BCUT2D eigenvalue weighted by molar-refractivity contribution is 5.64. The molecule has 0 spiro atoms. The van der Waals surface area contributed by atoms with Crippen LogP contribution in [0, 0.1) is 12.8 Å². The quantitative estimate of drug-likeness (QED) is 0.724. The number of hydrogen-bond acceptors (Lipinski definition) is 4. The Labute approximate surface area is 174 Å².